The van der Waals surface area contributed by atoms with E-state index in [-0.39, 0.29) is 5.97 Å². The van der Waals surface area contributed by atoms with Crippen molar-refractivity contribution in [3.63, 3.8) is 0 Å². The number of ether oxygens (including phenoxy) is 1. The van der Waals surface area contributed by atoms with Gasteiger partial charge < -0.3 is 4.74 Å². The van der Waals surface area contributed by atoms with E-state index in [2.05, 4.69) is 20.3 Å². The van der Waals surface area contributed by atoms with Gasteiger partial charge in [-0.25, -0.2) is 4.98 Å². The molecular formula is C12H17N5O2. The number of hydrogen-bond acceptors (Lipinski definition) is 5. The zero-order chi connectivity index (χ0) is 13.8. The number of esters is 1. The largest absolute Gasteiger partial charge is 0.466 e. The molecule has 0 aliphatic rings. The van der Waals surface area contributed by atoms with E-state index in [1.165, 1.54) is 0 Å². The molecule has 0 fully saturated rings. The molecule has 0 radical (unpaired) electrons. The topological polar surface area (TPSA) is 85.7 Å². The van der Waals surface area contributed by atoms with Crippen LogP contribution >= 0.6 is 0 Å². The maximum Gasteiger partial charge on any atom is 0.306 e. The number of carbonyl (C=O) groups is 1. The van der Waals surface area contributed by atoms with Crippen molar-refractivity contribution in [2.45, 2.75) is 26.7 Å². The Morgan fingerprint density at radius 1 is 1.53 bits per heavy atom. The van der Waals surface area contributed by atoms with Crippen LogP contribution in [0.15, 0.2) is 6.20 Å². The average Bonchev–Trinajstić information content (AvgIpc) is 2.93. The molecule has 0 amide bonds. The minimum Gasteiger partial charge on any atom is -0.466 e. The summed E-state index contributed by atoms with van der Waals surface area (Å²) >= 11 is 0. The zero-order valence-corrected chi connectivity index (χ0v) is 11.3. The normalized spacial score (nSPS) is 10.7. The minimum atomic E-state index is -0.224. The predicted octanol–water partition coefficient (Wildman–Crippen LogP) is 1.01. The summed E-state index contributed by atoms with van der Waals surface area (Å²) in [6.07, 6.45) is 2.66. The van der Waals surface area contributed by atoms with Crippen LogP contribution in [0, 0.1) is 6.92 Å². The summed E-state index contributed by atoms with van der Waals surface area (Å²) in [5.74, 6) is 1.05. The van der Waals surface area contributed by atoms with Crippen LogP contribution in [-0.4, -0.2) is 37.5 Å². The first-order valence-corrected chi connectivity index (χ1v) is 6.17. The third kappa shape index (κ3) is 3.18. The van der Waals surface area contributed by atoms with Gasteiger partial charge in [0.1, 0.15) is 5.82 Å². The molecule has 0 unspecified atom stereocenters. The van der Waals surface area contributed by atoms with E-state index in [1.807, 2.05) is 20.2 Å². The number of aromatic amines is 1. The maximum absolute atomic E-state index is 11.3. The van der Waals surface area contributed by atoms with Crippen molar-refractivity contribution >= 4 is 5.97 Å². The molecule has 0 aliphatic carbocycles. The van der Waals surface area contributed by atoms with Gasteiger partial charge in [0.2, 0.25) is 0 Å². The lowest BCUT2D eigenvalue weighted by molar-refractivity contribution is -0.143. The summed E-state index contributed by atoms with van der Waals surface area (Å²) < 4.78 is 6.58. The smallest absolute Gasteiger partial charge is 0.306 e. The lowest BCUT2D eigenvalue weighted by Crippen LogP contribution is -2.05. The molecule has 0 saturated carbocycles. The summed E-state index contributed by atoms with van der Waals surface area (Å²) in [6, 6.07) is 0. The van der Waals surface area contributed by atoms with E-state index in [0.717, 1.165) is 11.3 Å². The number of rotatable bonds is 5. The molecule has 0 spiro atoms. The summed E-state index contributed by atoms with van der Waals surface area (Å²) in [7, 11) is 1.85. The van der Waals surface area contributed by atoms with Gasteiger partial charge in [-0.3, -0.25) is 14.6 Å². The van der Waals surface area contributed by atoms with E-state index in [4.69, 9.17) is 4.74 Å². The second-order valence-electron chi connectivity index (χ2n) is 4.21. The van der Waals surface area contributed by atoms with E-state index < -0.39 is 0 Å². The Morgan fingerprint density at radius 2 is 2.32 bits per heavy atom. The third-order valence-corrected chi connectivity index (χ3v) is 2.66. The van der Waals surface area contributed by atoms with Gasteiger partial charge in [0.15, 0.2) is 5.82 Å². The molecule has 102 valence electrons. The molecule has 0 aromatic carbocycles. The van der Waals surface area contributed by atoms with Gasteiger partial charge in [0, 0.05) is 19.7 Å². The van der Waals surface area contributed by atoms with Crippen molar-refractivity contribution in [3.8, 4) is 11.4 Å². The fourth-order valence-electron chi connectivity index (χ4n) is 1.80. The molecule has 2 heterocycles. The predicted molar refractivity (Wildman–Crippen MR) is 68.3 cm³/mol. The highest BCUT2D eigenvalue weighted by Crippen LogP contribution is 2.17. The molecule has 2 rings (SSSR count). The highest BCUT2D eigenvalue weighted by molar-refractivity contribution is 5.69. The number of carbonyl (C=O) groups excluding carboxylic acids is 1. The third-order valence-electron chi connectivity index (χ3n) is 2.66. The molecule has 0 aliphatic heterocycles. The lowest BCUT2D eigenvalue weighted by Gasteiger charge is -1.98. The van der Waals surface area contributed by atoms with Gasteiger partial charge in [-0.05, 0) is 13.8 Å². The Bertz CT molecular complexity index is 572. The Labute approximate surface area is 111 Å². The number of H-pyrrole nitrogens is 1. The minimum absolute atomic E-state index is 0.224. The molecule has 7 nitrogen and oxygen atoms in total. The van der Waals surface area contributed by atoms with E-state index >= 15 is 0 Å². The molecule has 0 atom stereocenters. The van der Waals surface area contributed by atoms with Crippen LogP contribution in [0.25, 0.3) is 11.4 Å². The molecule has 1 N–H and O–H groups in total. The van der Waals surface area contributed by atoms with Crippen LogP contribution in [0.4, 0.5) is 0 Å². The first-order valence-electron chi connectivity index (χ1n) is 6.17. The Balaban J connectivity index is 2.03. The first kappa shape index (κ1) is 13.3. The van der Waals surface area contributed by atoms with E-state index in [1.54, 1.807) is 11.6 Å². The number of nitrogens with one attached hydrogen (secondary N) is 1. The van der Waals surface area contributed by atoms with Crippen molar-refractivity contribution in [3.05, 3.63) is 17.7 Å². The lowest BCUT2D eigenvalue weighted by atomic mass is 10.2. The van der Waals surface area contributed by atoms with Gasteiger partial charge in [0.25, 0.3) is 0 Å². The average molecular weight is 263 g/mol. The second kappa shape index (κ2) is 5.64. The van der Waals surface area contributed by atoms with Gasteiger partial charge in [-0.2, -0.15) is 10.2 Å². The van der Waals surface area contributed by atoms with Crippen molar-refractivity contribution in [1.82, 2.24) is 25.0 Å². The highest BCUT2D eigenvalue weighted by atomic mass is 16.5. The van der Waals surface area contributed by atoms with Gasteiger partial charge in [-0.1, -0.05) is 0 Å². The summed E-state index contributed by atoms with van der Waals surface area (Å²) in [5.41, 5.74) is 1.76. The molecular weight excluding hydrogens is 246 g/mol. The Kier molecular flexibility index (Phi) is 3.94. The highest BCUT2D eigenvalue weighted by Gasteiger charge is 2.12. The fourth-order valence-corrected chi connectivity index (χ4v) is 1.80. The monoisotopic (exact) mass is 263 g/mol. The number of hydrogen-bond donors (Lipinski definition) is 1. The molecule has 0 saturated heterocycles. The molecule has 19 heavy (non-hydrogen) atoms. The van der Waals surface area contributed by atoms with Crippen molar-refractivity contribution in [2.75, 3.05) is 6.61 Å². The molecule has 2 aromatic rings. The quantitative estimate of drug-likeness (QED) is 0.814. The van der Waals surface area contributed by atoms with Crippen LogP contribution in [0.5, 0.6) is 0 Å². The number of aromatic nitrogens is 5. The Hall–Kier alpha value is -2.18. The first-order chi connectivity index (χ1) is 9.10. The van der Waals surface area contributed by atoms with Crippen LogP contribution in [0.1, 0.15) is 24.9 Å². The molecule has 0 bridgehead atoms. The number of aryl methyl sites for hydroxylation is 3. The van der Waals surface area contributed by atoms with Crippen LogP contribution in [0.3, 0.4) is 0 Å². The van der Waals surface area contributed by atoms with Crippen molar-refractivity contribution < 1.29 is 9.53 Å². The molecule has 2 aromatic heterocycles. The van der Waals surface area contributed by atoms with Crippen LogP contribution in [-0.2, 0) is 23.0 Å². The van der Waals surface area contributed by atoms with E-state index in [9.17, 15) is 4.79 Å². The van der Waals surface area contributed by atoms with E-state index in [0.29, 0.717) is 31.1 Å². The zero-order valence-electron chi connectivity index (χ0n) is 11.3. The van der Waals surface area contributed by atoms with Gasteiger partial charge >= 0.3 is 5.97 Å². The SMILES string of the molecule is CCOC(=O)CCc1nc(-c2cn(C)nc2C)n[nH]1. The summed E-state index contributed by atoms with van der Waals surface area (Å²) in [5, 5.41) is 11.2. The van der Waals surface area contributed by atoms with Gasteiger partial charge in [0.05, 0.1) is 24.3 Å². The maximum atomic E-state index is 11.3. The standard InChI is InChI=1S/C12H17N5O2/c1-4-19-11(18)6-5-10-13-12(15-14-10)9-7-17(3)16-8(9)2/h7H,4-6H2,1-3H3,(H,13,14,15). The summed E-state index contributed by atoms with van der Waals surface area (Å²) in [6.45, 7) is 4.09. The summed E-state index contributed by atoms with van der Waals surface area (Å²) in [4.78, 5) is 15.6. The Morgan fingerprint density at radius 3 is 2.95 bits per heavy atom. The fraction of sp³-hybridized carbons (Fsp3) is 0.500. The molecule has 7 heteroatoms. The van der Waals surface area contributed by atoms with Crippen LogP contribution < -0.4 is 0 Å². The van der Waals surface area contributed by atoms with Crippen LogP contribution in [0.2, 0.25) is 0 Å². The van der Waals surface area contributed by atoms with Gasteiger partial charge in [-0.15, -0.1) is 0 Å². The van der Waals surface area contributed by atoms with Crippen molar-refractivity contribution in [2.24, 2.45) is 7.05 Å². The van der Waals surface area contributed by atoms with Crippen molar-refractivity contribution in [1.29, 1.82) is 0 Å². The second-order valence-corrected chi connectivity index (χ2v) is 4.21. The number of nitrogens with zero attached hydrogens (tertiary/aromatic N) is 4.